The van der Waals surface area contributed by atoms with Crippen LogP contribution in [0.5, 0.6) is 0 Å². The van der Waals surface area contributed by atoms with Crippen molar-refractivity contribution >= 4 is 11.8 Å². The molecule has 2 heterocycles. The molecule has 1 aliphatic rings. The molecule has 0 bridgehead atoms. The number of nitrogens with one attached hydrogen (secondary N) is 1. The Morgan fingerprint density at radius 1 is 1.62 bits per heavy atom. The Hall–Kier alpha value is -1.78. The molecular formula is C11H14N2O3. The second-order valence-corrected chi connectivity index (χ2v) is 3.90. The lowest BCUT2D eigenvalue weighted by atomic mass is 10.1. The van der Waals surface area contributed by atoms with Gasteiger partial charge in [-0.3, -0.25) is 9.59 Å². The number of hydrogen-bond acceptors (Lipinski definition) is 3. The summed E-state index contributed by atoms with van der Waals surface area (Å²) in [5.41, 5.74) is 0.795. The van der Waals surface area contributed by atoms with Gasteiger partial charge in [-0.15, -0.1) is 0 Å². The molecule has 1 atom stereocenters. The van der Waals surface area contributed by atoms with Gasteiger partial charge in [0.25, 0.3) is 5.91 Å². The van der Waals surface area contributed by atoms with Crippen molar-refractivity contribution in [3.63, 3.8) is 0 Å². The van der Waals surface area contributed by atoms with Gasteiger partial charge in [-0.2, -0.15) is 0 Å². The molecule has 1 aliphatic heterocycles. The predicted molar refractivity (Wildman–Crippen MR) is 57.0 cm³/mol. The van der Waals surface area contributed by atoms with Crippen LogP contribution in [0.4, 0.5) is 0 Å². The maximum absolute atomic E-state index is 12.1. The fraction of sp³-hybridized carbons (Fsp3) is 0.455. The maximum atomic E-state index is 12.1. The molecule has 5 nitrogen and oxygen atoms in total. The fourth-order valence-electron chi connectivity index (χ4n) is 1.78. The van der Waals surface area contributed by atoms with Gasteiger partial charge in [0.15, 0.2) is 5.76 Å². The number of nitrogens with zero attached hydrogens (tertiary/aromatic N) is 1. The third-order valence-electron chi connectivity index (χ3n) is 2.82. The van der Waals surface area contributed by atoms with Crippen LogP contribution in [-0.4, -0.2) is 35.8 Å². The number of hydrogen-bond donors (Lipinski definition) is 1. The lowest BCUT2D eigenvalue weighted by Gasteiger charge is -2.32. The molecule has 0 aromatic carbocycles. The van der Waals surface area contributed by atoms with Crippen molar-refractivity contribution in [1.29, 1.82) is 0 Å². The van der Waals surface area contributed by atoms with Crippen LogP contribution < -0.4 is 5.32 Å². The number of carbonyl (C=O) groups excluding carboxylic acids is 2. The Labute approximate surface area is 93.4 Å². The van der Waals surface area contributed by atoms with E-state index in [2.05, 4.69) is 5.32 Å². The molecule has 86 valence electrons. The van der Waals surface area contributed by atoms with E-state index in [-0.39, 0.29) is 11.8 Å². The first-order valence-corrected chi connectivity index (χ1v) is 5.24. The summed E-state index contributed by atoms with van der Waals surface area (Å²) in [6.07, 6.45) is 1.48. The van der Waals surface area contributed by atoms with Gasteiger partial charge in [-0.25, -0.2) is 0 Å². The van der Waals surface area contributed by atoms with E-state index in [1.807, 2.05) is 6.92 Å². The van der Waals surface area contributed by atoms with Crippen LogP contribution in [0.25, 0.3) is 0 Å². The first-order valence-electron chi connectivity index (χ1n) is 5.24. The SMILES string of the molecule is Cc1ccoc1C(=O)N1CCNC(=O)C1C. The van der Waals surface area contributed by atoms with Crippen LogP contribution in [0.3, 0.4) is 0 Å². The van der Waals surface area contributed by atoms with E-state index in [0.717, 1.165) is 5.56 Å². The Bertz CT molecular complexity index is 425. The van der Waals surface area contributed by atoms with Crippen molar-refractivity contribution in [2.24, 2.45) is 0 Å². The summed E-state index contributed by atoms with van der Waals surface area (Å²) in [7, 11) is 0. The van der Waals surface area contributed by atoms with Gasteiger partial charge in [0.1, 0.15) is 6.04 Å². The molecule has 0 radical (unpaired) electrons. The number of furan rings is 1. The largest absolute Gasteiger partial charge is 0.459 e. The highest BCUT2D eigenvalue weighted by atomic mass is 16.3. The number of aryl methyl sites for hydroxylation is 1. The summed E-state index contributed by atoms with van der Waals surface area (Å²) in [5, 5.41) is 2.71. The third-order valence-corrected chi connectivity index (χ3v) is 2.82. The van der Waals surface area contributed by atoms with Crippen molar-refractivity contribution in [3.05, 3.63) is 23.7 Å². The molecule has 2 rings (SSSR count). The van der Waals surface area contributed by atoms with E-state index >= 15 is 0 Å². The Kier molecular flexibility index (Phi) is 2.68. The topological polar surface area (TPSA) is 62.6 Å². The van der Waals surface area contributed by atoms with Crippen LogP contribution in [0, 0.1) is 6.92 Å². The van der Waals surface area contributed by atoms with Gasteiger partial charge >= 0.3 is 0 Å². The molecule has 16 heavy (non-hydrogen) atoms. The van der Waals surface area contributed by atoms with Gasteiger partial charge in [0.2, 0.25) is 5.91 Å². The van der Waals surface area contributed by atoms with Crippen molar-refractivity contribution in [1.82, 2.24) is 10.2 Å². The van der Waals surface area contributed by atoms with Crippen LogP contribution >= 0.6 is 0 Å². The normalized spacial score (nSPS) is 20.8. The van der Waals surface area contributed by atoms with Gasteiger partial charge in [-0.05, 0) is 19.9 Å². The highest BCUT2D eigenvalue weighted by Gasteiger charge is 2.31. The molecule has 0 saturated carbocycles. The average molecular weight is 222 g/mol. The molecule has 1 aromatic rings. The van der Waals surface area contributed by atoms with Crippen molar-refractivity contribution < 1.29 is 14.0 Å². The molecule has 1 fully saturated rings. The van der Waals surface area contributed by atoms with Gasteiger partial charge in [0.05, 0.1) is 6.26 Å². The molecule has 2 amide bonds. The summed E-state index contributed by atoms with van der Waals surface area (Å²) in [4.78, 5) is 25.1. The van der Waals surface area contributed by atoms with Crippen LogP contribution in [0.1, 0.15) is 23.0 Å². The third kappa shape index (κ3) is 1.68. The zero-order valence-corrected chi connectivity index (χ0v) is 9.32. The van der Waals surface area contributed by atoms with Crippen molar-refractivity contribution in [2.75, 3.05) is 13.1 Å². The standard InChI is InChI=1S/C11H14N2O3/c1-7-3-6-16-9(7)11(15)13-5-4-12-10(14)8(13)2/h3,6,8H,4-5H2,1-2H3,(H,12,14). The number of rotatable bonds is 1. The zero-order chi connectivity index (χ0) is 11.7. The predicted octanol–water partition coefficient (Wildman–Crippen LogP) is 0.549. The highest BCUT2D eigenvalue weighted by molar-refractivity contribution is 5.97. The summed E-state index contributed by atoms with van der Waals surface area (Å²) in [5.74, 6) is -0.0183. The monoisotopic (exact) mass is 222 g/mol. The molecule has 1 saturated heterocycles. The molecule has 0 spiro atoms. The summed E-state index contributed by atoms with van der Waals surface area (Å²) < 4.78 is 5.14. The van der Waals surface area contributed by atoms with E-state index in [9.17, 15) is 9.59 Å². The molecule has 5 heteroatoms. The lowest BCUT2D eigenvalue weighted by molar-refractivity contribution is -0.127. The smallest absolute Gasteiger partial charge is 0.290 e. The first kappa shape index (κ1) is 10.7. The Balaban J connectivity index is 2.22. The van der Waals surface area contributed by atoms with Gasteiger partial charge < -0.3 is 14.6 Å². The molecular weight excluding hydrogens is 208 g/mol. The molecule has 0 aliphatic carbocycles. The van der Waals surface area contributed by atoms with Crippen LogP contribution in [0.15, 0.2) is 16.7 Å². The summed E-state index contributed by atoms with van der Waals surface area (Å²) in [6.45, 7) is 4.54. The van der Waals surface area contributed by atoms with Gasteiger partial charge in [-0.1, -0.05) is 0 Å². The zero-order valence-electron chi connectivity index (χ0n) is 9.32. The minimum atomic E-state index is -0.439. The molecule has 1 unspecified atom stereocenters. The Morgan fingerprint density at radius 2 is 2.38 bits per heavy atom. The lowest BCUT2D eigenvalue weighted by Crippen LogP contribution is -2.55. The first-order chi connectivity index (χ1) is 7.61. The minimum Gasteiger partial charge on any atom is -0.459 e. The maximum Gasteiger partial charge on any atom is 0.290 e. The second-order valence-electron chi connectivity index (χ2n) is 3.90. The van der Waals surface area contributed by atoms with E-state index in [1.165, 1.54) is 11.2 Å². The number of carbonyl (C=O) groups is 2. The number of amides is 2. The summed E-state index contributed by atoms with van der Waals surface area (Å²) >= 11 is 0. The average Bonchev–Trinajstić information content (AvgIpc) is 2.68. The Morgan fingerprint density at radius 3 is 3.00 bits per heavy atom. The molecule has 1 N–H and O–H groups in total. The fourth-order valence-corrected chi connectivity index (χ4v) is 1.78. The highest BCUT2D eigenvalue weighted by Crippen LogP contribution is 2.15. The summed E-state index contributed by atoms with van der Waals surface area (Å²) in [6, 6.07) is 1.30. The van der Waals surface area contributed by atoms with E-state index in [0.29, 0.717) is 18.8 Å². The van der Waals surface area contributed by atoms with Crippen molar-refractivity contribution in [3.8, 4) is 0 Å². The number of piperazine rings is 1. The second kappa shape index (κ2) is 4.00. The van der Waals surface area contributed by atoms with E-state index < -0.39 is 6.04 Å². The quantitative estimate of drug-likeness (QED) is 0.754. The van der Waals surface area contributed by atoms with Crippen molar-refractivity contribution in [2.45, 2.75) is 19.9 Å². The minimum absolute atomic E-state index is 0.121. The van der Waals surface area contributed by atoms with E-state index in [1.54, 1.807) is 13.0 Å². The van der Waals surface area contributed by atoms with E-state index in [4.69, 9.17) is 4.42 Å². The van der Waals surface area contributed by atoms with Crippen LogP contribution in [0.2, 0.25) is 0 Å². The van der Waals surface area contributed by atoms with Crippen LogP contribution in [-0.2, 0) is 4.79 Å². The van der Waals surface area contributed by atoms with Gasteiger partial charge in [0, 0.05) is 18.7 Å². The molecule has 1 aromatic heterocycles.